The summed E-state index contributed by atoms with van der Waals surface area (Å²) in [5.41, 5.74) is 3.71. The minimum atomic E-state index is -0.303. The minimum Gasteiger partial charge on any atom is -0.459 e. The zero-order valence-corrected chi connectivity index (χ0v) is 17.3. The standard InChI is InChI=1S/C25H24N2O4/c1-17-8-10-18(11-9-17)23(27-12-15-29-16-13-27)24-22(19-5-2-3-6-20(19)31-24)26-25(28)21-7-4-14-30-21/h2-11,14,23H,12-13,15-16H2,1H3,(H,26,28)/t23-/m1/s1. The van der Waals surface area contributed by atoms with Crippen LogP contribution in [0.2, 0.25) is 0 Å². The number of morpholine rings is 1. The van der Waals surface area contributed by atoms with E-state index in [0.717, 1.165) is 29.6 Å². The van der Waals surface area contributed by atoms with Crippen LogP contribution in [0, 0.1) is 6.92 Å². The number of aryl methyl sites for hydroxylation is 1. The van der Waals surface area contributed by atoms with Crippen molar-refractivity contribution in [3.8, 4) is 0 Å². The second-order valence-corrected chi connectivity index (χ2v) is 7.73. The van der Waals surface area contributed by atoms with E-state index in [0.29, 0.717) is 24.7 Å². The number of hydrogen-bond donors (Lipinski definition) is 1. The average Bonchev–Trinajstić information content (AvgIpc) is 3.45. The molecule has 0 radical (unpaired) electrons. The maximum absolute atomic E-state index is 12.9. The predicted molar refractivity (Wildman–Crippen MR) is 118 cm³/mol. The fourth-order valence-electron chi connectivity index (χ4n) is 4.08. The smallest absolute Gasteiger partial charge is 0.291 e. The number of hydrogen-bond acceptors (Lipinski definition) is 5. The van der Waals surface area contributed by atoms with Crippen molar-refractivity contribution in [3.63, 3.8) is 0 Å². The predicted octanol–water partition coefficient (Wildman–Crippen LogP) is 5.01. The Kier molecular flexibility index (Phi) is 5.32. The lowest BCUT2D eigenvalue weighted by atomic mass is 9.99. The van der Waals surface area contributed by atoms with Gasteiger partial charge in [0.05, 0.1) is 31.2 Å². The first-order chi connectivity index (χ1) is 15.2. The Morgan fingerprint density at radius 1 is 1.00 bits per heavy atom. The van der Waals surface area contributed by atoms with Crippen LogP contribution in [0.25, 0.3) is 11.0 Å². The highest BCUT2D eigenvalue weighted by molar-refractivity contribution is 6.08. The summed E-state index contributed by atoms with van der Waals surface area (Å²) in [5.74, 6) is 0.670. The normalized spacial score (nSPS) is 15.8. The van der Waals surface area contributed by atoms with Gasteiger partial charge < -0.3 is 18.9 Å². The SMILES string of the molecule is Cc1ccc([C@H](c2oc3ccccc3c2NC(=O)c2ccco2)N2CCOCC2)cc1. The molecule has 1 amide bonds. The monoisotopic (exact) mass is 416 g/mol. The van der Waals surface area contributed by atoms with Crippen LogP contribution in [-0.2, 0) is 4.74 Å². The Bertz CT molecular complexity index is 1170. The fraction of sp³-hybridized carbons (Fsp3) is 0.240. The van der Waals surface area contributed by atoms with Crippen LogP contribution >= 0.6 is 0 Å². The molecule has 0 aliphatic carbocycles. The molecular formula is C25H24N2O4. The van der Waals surface area contributed by atoms with Gasteiger partial charge in [-0.05, 0) is 36.8 Å². The van der Waals surface area contributed by atoms with Gasteiger partial charge in [-0.15, -0.1) is 0 Å². The largest absolute Gasteiger partial charge is 0.459 e. The molecule has 2 aromatic heterocycles. The number of furan rings is 2. The van der Waals surface area contributed by atoms with Crippen molar-refractivity contribution in [1.29, 1.82) is 0 Å². The minimum absolute atomic E-state index is 0.149. The highest BCUT2D eigenvalue weighted by atomic mass is 16.5. The molecule has 6 nitrogen and oxygen atoms in total. The molecule has 1 saturated heterocycles. The number of benzene rings is 2. The number of para-hydroxylation sites is 1. The molecule has 5 rings (SSSR count). The number of ether oxygens (including phenoxy) is 1. The third-order valence-corrected chi connectivity index (χ3v) is 5.66. The number of amides is 1. The van der Waals surface area contributed by atoms with Crippen molar-refractivity contribution >= 4 is 22.6 Å². The summed E-state index contributed by atoms with van der Waals surface area (Å²) < 4.78 is 17.3. The van der Waals surface area contributed by atoms with Crippen LogP contribution in [-0.4, -0.2) is 37.1 Å². The molecule has 0 bridgehead atoms. The second-order valence-electron chi connectivity index (χ2n) is 7.73. The number of nitrogens with zero attached hydrogens (tertiary/aromatic N) is 1. The molecule has 3 heterocycles. The summed E-state index contributed by atoms with van der Waals surface area (Å²) in [5, 5.41) is 3.92. The molecule has 6 heteroatoms. The topological polar surface area (TPSA) is 67.9 Å². The number of fused-ring (bicyclic) bond motifs is 1. The Balaban J connectivity index is 1.64. The zero-order valence-electron chi connectivity index (χ0n) is 17.3. The maximum atomic E-state index is 12.9. The molecular weight excluding hydrogens is 392 g/mol. The highest BCUT2D eigenvalue weighted by Crippen LogP contribution is 2.40. The van der Waals surface area contributed by atoms with E-state index in [1.165, 1.54) is 11.8 Å². The molecule has 1 N–H and O–H groups in total. The van der Waals surface area contributed by atoms with Gasteiger partial charge in [-0.3, -0.25) is 9.69 Å². The quantitative estimate of drug-likeness (QED) is 0.495. The lowest BCUT2D eigenvalue weighted by Gasteiger charge is -2.34. The van der Waals surface area contributed by atoms with Crippen molar-refractivity contribution in [2.24, 2.45) is 0 Å². The molecule has 1 atom stereocenters. The van der Waals surface area contributed by atoms with E-state index in [1.54, 1.807) is 12.1 Å². The highest BCUT2D eigenvalue weighted by Gasteiger charge is 2.31. The van der Waals surface area contributed by atoms with Gasteiger partial charge in [0.25, 0.3) is 5.91 Å². The number of anilines is 1. The fourth-order valence-corrected chi connectivity index (χ4v) is 4.08. The molecule has 0 spiro atoms. The number of rotatable bonds is 5. The summed E-state index contributed by atoms with van der Waals surface area (Å²) in [6.45, 7) is 4.96. The first-order valence-corrected chi connectivity index (χ1v) is 10.5. The molecule has 4 aromatic rings. The lowest BCUT2D eigenvalue weighted by molar-refractivity contribution is 0.0206. The Hall–Kier alpha value is -3.35. The van der Waals surface area contributed by atoms with E-state index in [-0.39, 0.29) is 17.7 Å². The molecule has 2 aromatic carbocycles. The van der Waals surface area contributed by atoms with E-state index in [1.807, 2.05) is 24.3 Å². The van der Waals surface area contributed by atoms with Crippen LogP contribution in [0.3, 0.4) is 0 Å². The molecule has 1 aliphatic heterocycles. The van der Waals surface area contributed by atoms with Gasteiger partial charge in [0, 0.05) is 18.5 Å². The van der Waals surface area contributed by atoms with Gasteiger partial charge in [-0.1, -0.05) is 42.0 Å². The lowest BCUT2D eigenvalue weighted by Crippen LogP contribution is -2.39. The molecule has 0 unspecified atom stereocenters. The summed E-state index contributed by atoms with van der Waals surface area (Å²) in [6, 6.07) is 19.4. The van der Waals surface area contributed by atoms with Gasteiger partial charge in [-0.25, -0.2) is 0 Å². The van der Waals surface area contributed by atoms with Crippen molar-refractivity contribution in [3.05, 3.63) is 89.6 Å². The Morgan fingerprint density at radius 3 is 2.52 bits per heavy atom. The van der Waals surface area contributed by atoms with E-state index in [9.17, 15) is 4.79 Å². The van der Waals surface area contributed by atoms with Crippen LogP contribution < -0.4 is 5.32 Å². The second kappa shape index (κ2) is 8.41. The summed E-state index contributed by atoms with van der Waals surface area (Å²) in [6.07, 6.45) is 1.49. The van der Waals surface area contributed by atoms with Gasteiger partial charge in [0.1, 0.15) is 11.3 Å². The summed E-state index contributed by atoms with van der Waals surface area (Å²) in [7, 11) is 0. The molecule has 1 fully saturated rings. The van der Waals surface area contributed by atoms with Crippen LogP contribution in [0.4, 0.5) is 5.69 Å². The van der Waals surface area contributed by atoms with Crippen molar-refractivity contribution in [2.75, 3.05) is 31.6 Å². The van der Waals surface area contributed by atoms with E-state index in [2.05, 4.69) is 41.4 Å². The van der Waals surface area contributed by atoms with Crippen molar-refractivity contribution in [2.45, 2.75) is 13.0 Å². The number of carbonyl (C=O) groups is 1. The van der Waals surface area contributed by atoms with Gasteiger partial charge in [-0.2, -0.15) is 0 Å². The van der Waals surface area contributed by atoms with E-state index >= 15 is 0 Å². The van der Waals surface area contributed by atoms with Gasteiger partial charge in [0.2, 0.25) is 0 Å². The zero-order chi connectivity index (χ0) is 21.2. The average molecular weight is 416 g/mol. The molecule has 158 valence electrons. The number of carbonyl (C=O) groups excluding carboxylic acids is 1. The molecule has 1 aliphatic rings. The van der Waals surface area contributed by atoms with Crippen molar-refractivity contribution in [1.82, 2.24) is 4.90 Å². The third-order valence-electron chi connectivity index (χ3n) is 5.66. The molecule has 31 heavy (non-hydrogen) atoms. The van der Waals surface area contributed by atoms with E-state index in [4.69, 9.17) is 13.6 Å². The van der Waals surface area contributed by atoms with Crippen LogP contribution in [0.5, 0.6) is 0 Å². The van der Waals surface area contributed by atoms with Gasteiger partial charge >= 0.3 is 0 Å². The Labute approximate surface area is 180 Å². The summed E-state index contributed by atoms with van der Waals surface area (Å²) >= 11 is 0. The number of nitrogens with one attached hydrogen (secondary N) is 1. The third kappa shape index (κ3) is 3.87. The van der Waals surface area contributed by atoms with Crippen LogP contribution in [0.1, 0.15) is 33.5 Å². The maximum Gasteiger partial charge on any atom is 0.291 e. The summed E-state index contributed by atoms with van der Waals surface area (Å²) in [4.78, 5) is 15.2. The first-order valence-electron chi connectivity index (χ1n) is 10.5. The first kappa shape index (κ1) is 19.6. The van der Waals surface area contributed by atoms with Crippen molar-refractivity contribution < 1.29 is 18.4 Å². The molecule has 0 saturated carbocycles. The Morgan fingerprint density at radius 2 is 1.77 bits per heavy atom. The van der Waals surface area contributed by atoms with Gasteiger partial charge in [0.15, 0.2) is 5.76 Å². The van der Waals surface area contributed by atoms with E-state index < -0.39 is 0 Å². The van der Waals surface area contributed by atoms with Crippen LogP contribution in [0.15, 0.2) is 75.8 Å².